The molecule has 0 radical (unpaired) electrons. The second kappa shape index (κ2) is 5.43. The Hall–Kier alpha value is -1.84. The minimum atomic E-state index is -0.695. The average Bonchev–Trinajstić information content (AvgIpc) is 2.38. The smallest absolute Gasteiger partial charge is 0.249 e. The molecule has 0 saturated carbocycles. The summed E-state index contributed by atoms with van der Waals surface area (Å²) in [4.78, 5) is 23.7. The summed E-state index contributed by atoms with van der Waals surface area (Å²) in [5, 5.41) is 0.879. The van der Waals surface area contributed by atoms with Crippen LogP contribution >= 0.6 is 23.2 Å². The van der Waals surface area contributed by atoms with E-state index in [9.17, 15) is 9.59 Å². The maximum atomic E-state index is 12.3. The van der Waals surface area contributed by atoms with E-state index in [4.69, 9.17) is 28.9 Å². The molecule has 0 bridgehead atoms. The summed E-state index contributed by atoms with van der Waals surface area (Å²) in [5.74, 6) is -0.998. The molecule has 96 valence electrons. The Balaban J connectivity index is 2.49. The van der Waals surface area contributed by atoms with E-state index in [1.807, 2.05) is 0 Å². The molecule has 2 aromatic carbocycles. The van der Waals surface area contributed by atoms with Crippen molar-refractivity contribution in [3.05, 3.63) is 69.2 Å². The molecule has 19 heavy (non-hydrogen) atoms. The maximum Gasteiger partial charge on any atom is 0.249 e. The second-order valence-electron chi connectivity index (χ2n) is 3.89. The number of benzene rings is 2. The van der Waals surface area contributed by atoms with E-state index in [0.29, 0.717) is 15.6 Å². The van der Waals surface area contributed by atoms with Crippen molar-refractivity contribution in [3.63, 3.8) is 0 Å². The lowest BCUT2D eigenvalue weighted by Gasteiger charge is -2.06. The van der Waals surface area contributed by atoms with Gasteiger partial charge >= 0.3 is 0 Å². The molecule has 0 aliphatic heterocycles. The van der Waals surface area contributed by atoms with Gasteiger partial charge in [0, 0.05) is 21.2 Å². The van der Waals surface area contributed by atoms with Crippen LogP contribution in [0.3, 0.4) is 0 Å². The number of carbonyl (C=O) groups excluding carboxylic acids is 2. The molecule has 2 aromatic rings. The summed E-state index contributed by atoms with van der Waals surface area (Å²) in [7, 11) is 0. The Bertz CT molecular complexity index is 651. The number of nitrogens with two attached hydrogens (primary N) is 1. The fourth-order valence-corrected chi connectivity index (χ4v) is 1.97. The van der Waals surface area contributed by atoms with Gasteiger partial charge in [-0.05, 0) is 42.5 Å². The number of carbonyl (C=O) groups is 2. The second-order valence-corrected chi connectivity index (χ2v) is 4.76. The summed E-state index contributed by atoms with van der Waals surface area (Å²) in [6.07, 6.45) is 0. The molecule has 0 heterocycles. The summed E-state index contributed by atoms with van der Waals surface area (Å²) in [6.45, 7) is 0. The highest BCUT2D eigenvalue weighted by Crippen LogP contribution is 2.20. The van der Waals surface area contributed by atoms with Gasteiger partial charge in [0.05, 0.1) is 5.56 Å². The topological polar surface area (TPSA) is 60.2 Å². The van der Waals surface area contributed by atoms with Crippen LogP contribution in [-0.4, -0.2) is 11.7 Å². The van der Waals surface area contributed by atoms with Crippen molar-refractivity contribution in [2.75, 3.05) is 0 Å². The lowest BCUT2D eigenvalue weighted by molar-refractivity contribution is 0.0981. The quantitative estimate of drug-likeness (QED) is 0.883. The SMILES string of the molecule is NC(=O)c1cc(Cl)ccc1C(=O)c1ccc(Cl)cc1. The molecule has 0 saturated heterocycles. The Morgan fingerprint density at radius 3 is 2.00 bits per heavy atom. The van der Waals surface area contributed by atoms with Gasteiger partial charge in [0.15, 0.2) is 5.78 Å². The van der Waals surface area contributed by atoms with Crippen molar-refractivity contribution >= 4 is 34.9 Å². The molecule has 0 unspecified atom stereocenters. The van der Waals surface area contributed by atoms with Gasteiger partial charge in [0.1, 0.15) is 0 Å². The van der Waals surface area contributed by atoms with Gasteiger partial charge in [-0.3, -0.25) is 9.59 Å². The van der Waals surface area contributed by atoms with E-state index in [1.54, 1.807) is 24.3 Å². The van der Waals surface area contributed by atoms with Gasteiger partial charge in [-0.2, -0.15) is 0 Å². The molecule has 3 nitrogen and oxygen atoms in total. The Morgan fingerprint density at radius 2 is 1.42 bits per heavy atom. The van der Waals surface area contributed by atoms with Crippen molar-refractivity contribution in [1.29, 1.82) is 0 Å². The van der Waals surface area contributed by atoms with Gasteiger partial charge in [-0.1, -0.05) is 23.2 Å². The van der Waals surface area contributed by atoms with Crippen molar-refractivity contribution in [3.8, 4) is 0 Å². The van der Waals surface area contributed by atoms with Crippen LogP contribution in [0.4, 0.5) is 0 Å². The number of primary amides is 1. The molecule has 2 N–H and O–H groups in total. The molecule has 0 aliphatic rings. The lowest BCUT2D eigenvalue weighted by atomic mass is 9.98. The summed E-state index contributed by atoms with van der Waals surface area (Å²) in [6, 6.07) is 10.8. The van der Waals surface area contributed by atoms with Crippen molar-refractivity contribution in [2.24, 2.45) is 5.73 Å². The third kappa shape index (κ3) is 2.95. The van der Waals surface area contributed by atoms with Crippen molar-refractivity contribution in [1.82, 2.24) is 0 Å². The van der Waals surface area contributed by atoms with Crippen LogP contribution in [0.5, 0.6) is 0 Å². The fourth-order valence-electron chi connectivity index (χ4n) is 1.68. The molecular weight excluding hydrogens is 285 g/mol. The van der Waals surface area contributed by atoms with Gasteiger partial charge in [0.2, 0.25) is 5.91 Å². The first-order chi connectivity index (χ1) is 8.99. The number of halogens is 2. The van der Waals surface area contributed by atoms with Gasteiger partial charge in [-0.15, -0.1) is 0 Å². The first kappa shape index (κ1) is 13.6. The highest BCUT2D eigenvalue weighted by molar-refractivity contribution is 6.31. The van der Waals surface area contributed by atoms with Crippen molar-refractivity contribution < 1.29 is 9.59 Å². The third-order valence-corrected chi connectivity index (χ3v) is 3.09. The number of hydrogen-bond acceptors (Lipinski definition) is 2. The zero-order valence-electron chi connectivity index (χ0n) is 9.69. The fraction of sp³-hybridized carbons (Fsp3) is 0. The molecule has 0 atom stereocenters. The highest BCUT2D eigenvalue weighted by Gasteiger charge is 2.17. The Kier molecular flexibility index (Phi) is 3.88. The molecule has 0 spiro atoms. The summed E-state index contributed by atoms with van der Waals surface area (Å²) in [5.41, 5.74) is 6.00. The number of ketones is 1. The first-order valence-corrected chi connectivity index (χ1v) is 6.14. The van der Waals surface area contributed by atoms with Crippen LogP contribution < -0.4 is 5.73 Å². The van der Waals surface area contributed by atoms with Gasteiger partial charge in [0.25, 0.3) is 0 Å². The normalized spacial score (nSPS) is 10.2. The van der Waals surface area contributed by atoms with E-state index >= 15 is 0 Å². The molecule has 0 aliphatic carbocycles. The molecule has 2 rings (SSSR count). The zero-order valence-corrected chi connectivity index (χ0v) is 11.2. The number of hydrogen-bond donors (Lipinski definition) is 1. The van der Waals surface area contributed by atoms with E-state index in [1.165, 1.54) is 18.2 Å². The molecule has 1 amide bonds. The van der Waals surface area contributed by atoms with Gasteiger partial charge < -0.3 is 5.73 Å². The van der Waals surface area contributed by atoms with Crippen LogP contribution in [0.15, 0.2) is 42.5 Å². The Labute approximate surface area is 119 Å². The highest BCUT2D eigenvalue weighted by atomic mass is 35.5. The van der Waals surface area contributed by atoms with Crippen LogP contribution in [0, 0.1) is 0 Å². The summed E-state index contributed by atoms with van der Waals surface area (Å²) < 4.78 is 0. The predicted molar refractivity (Wildman–Crippen MR) is 74.9 cm³/mol. The van der Waals surface area contributed by atoms with Gasteiger partial charge in [-0.25, -0.2) is 0 Å². The van der Waals surface area contributed by atoms with E-state index in [-0.39, 0.29) is 16.9 Å². The first-order valence-electron chi connectivity index (χ1n) is 5.38. The molecule has 5 heteroatoms. The monoisotopic (exact) mass is 293 g/mol. The van der Waals surface area contributed by atoms with Crippen LogP contribution in [0.25, 0.3) is 0 Å². The van der Waals surface area contributed by atoms with Crippen LogP contribution in [0.2, 0.25) is 10.0 Å². The predicted octanol–water partition coefficient (Wildman–Crippen LogP) is 3.32. The number of amides is 1. The third-order valence-electron chi connectivity index (χ3n) is 2.60. The lowest BCUT2D eigenvalue weighted by Crippen LogP contribution is -2.16. The molecule has 0 fully saturated rings. The van der Waals surface area contributed by atoms with E-state index < -0.39 is 5.91 Å². The zero-order chi connectivity index (χ0) is 14.0. The minimum Gasteiger partial charge on any atom is -0.366 e. The number of rotatable bonds is 3. The Morgan fingerprint density at radius 1 is 0.842 bits per heavy atom. The maximum absolute atomic E-state index is 12.3. The minimum absolute atomic E-state index is 0.104. The average molecular weight is 294 g/mol. The van der Waals surface area contributed by atoms with E-state index in [2.05, 4.69) is 0 Å². The molecular formula is C14H9Cl2NO2. The van der Waals surface area contributed by atoms with Crippen molar-refractivity contribution in [2.45, 2.75) is 0 Å². The van der Waals surface area contributed by atoms with Crippen LogP contribution in [-0.2, 0) is 0 Å². The standard InChI is InChI=1S/C14H9Cl2NO2/c15-9-3-1-8(2-4-9)13(18)11-6-5-10(16)7-12(11)14(17)19/h1-7H,(H2,17,19). The molecule has 0 aromatic heterocycles. The summed E-state index contributed by atoms with van der Waals surface area (Å²) >= 11 is 11.6. The van der Waals surface area contributed by atoms with E-state index in [0.717, 1.165) is 0 Å². The largest absolute Gasteiger partial charge is 0.366 e. The van der Waals surface area contributed by atoms with Crippen LogP contribution in [0.1, 0.15) is 26.3 Å².